The maximum Gasteiger partial charge on any atom is 0.164 e. The fraction of sp³-hybridized carbons (Fsp3) is 0. The summed E-state index contributed by atoms with van der Waals surface area (Å²) in [4.78, 5) is 15.7. The molecule has 61 heavy (non-hydrogen) atoms. The van der Waals surface area contributed by atoms with Crippen molar-refractivity contribution < 1.29 is 0 Å². The van der Waals surface area contributed by atoms with Gasteiger partial charge in [0, 0.05) is 43.8 Å². The Bertz CT molecular complexity index is 3560. The van der Waals surface area contributed by atoms with Gasteiger partial charge in [-0.25, -0.2) is 15.0 Å². The van der Waals surface area contributed by atoms with Gasteiger partial charge in [0.1, 0.15) is 0 Å². The average molecular weight is 777 g/mol. The normalized spacial score (nSPS) is 11.6. The number of rotatable bonds is 6. The lowest BCUT2D eigenvalue weighted by atomic mass is 9.91. The third kappa shape index (κ3) is 5.88. The Morgan fingerprint density at radius 2 is 0.803 bits per heavy atom. The van der Waals surface area contributed by atoms with Gasteiger partial charge in [0.2, 0.25) is 0 Å². The topological polar surface area (TPSA) is 43.6 Å². The van der Waals surface area contributed by atoms with E-state index in [4.69, 9.17) is 15.0 Å². The predicted octanol–water partition coefficient (Wildman–Crippen LogP) is 14.8. The lowest BCUT2D eigenvalue weighted by Gasteiger charge is -2.21. The van der Waals surface area contributed by atoms with E-state index in [0.717, 1.165) is 60.9 Å². The van der Waals surface area contributed by atoms with E-state index in [2.05, 4.69) is 187 Å². The zero-order valence-corrected chi connectivity index (χ0v) is 33.1. The molecule has 2 heterocycles. The Hall–Kier alpha value is -8.21. The van der Waals surface area contributed by atoms with E-state index in [1.54, 1.807) is 0 Å². The quantitative estimate of drug-likeness (QED) is 0.169. The molecule has 12 rings (SSSR count). The van der Waals surface area contributed by atoms with E-state index < -0.39 is 0 Å². The average Bonchev–Trinajstić information content (AvgIpc) is 3.66. The Morgan fingerprint density at radius 1 is 0.279 bits per heavy atom. The van der Waals surface area contributed by atoms with Crippen molar-refractivity contribution >= 4 is 54.1 Å². The predicted molar refractivity (Wildman–Crippen MR) is 254 cm³/mol. The van der Waals surface area contributed by atoms with Gasteiger partial charge in [0.25, 0.3) is 0 Å². The van der Waals surface area contributed by atoms with Gasteiger partial charge in [-0.05, 0) is 62.5 Å². The van der Waals surface area contributed by atoms with Gasteiger partial charge in [-0.1, -0.05) is 194 Å². The summed E-state index contributed by atoms with van der Waals surface area (Å²) in [6, 6.07) is 77.8. The van der Waals surface area contributed by atoms with Crippen LogP contribution in [0, 0.1) is 0 Å². The third-order valence-corrected chi connectivity index (χ3v) is 12.0. The number of hydrogen-bond acceptors (Lipinski definition) is 3. The van der Waals surface area contributed by atoms with Gasteiger partial charge in [-0.2, -0.15) is 0 Å². The fourth-order valence-electron chi connectivity index (χ4n) is 9.11. The van der Waals surface area contributed by atoms with E-state index in [0.29, 0.717) is 17.5 Å². The van der Waals surface area contributed by atoms with Crippen LogP contribution in [0.1, 0.15) is 0 Å². The maximum absolute atomic E-state index is 5.33. The van der Waals surface area contributed by atoms with Gasteiger partial charge in [0.05, 0.1) is 16.7 Å². The molecule has 0 atom stereocenters. The van der Waals surface area contributed by atoms with E-state index in [1.807, 2.05) is 36.4 Å². The SMILES string of the molecule is c1ccc(-c2ccc3c(-n4c5cc6ccccc6cc5c5ccc6ccccc6c54)c(-c4ccccc4)cc(-c4nc(-c5ccccc5)nc(-c5ccccc5)n4)c3c2)cc1. The first kappa shape index (κ1) is 34.8. The van der Waals surface area contributed by atoms with Crippen molar-refractivity contribution in [3.63, 3.8) is 0 Å². The summed E-state index contributed by atoms with van der Waals surface area (Å²) in [6.45, 7) is 0. The molecule has 10 aromatic carbocycles. The molecule has 0 N–H and O–H groups in total. The van der Waals surface area contributed by atoms with E-state index >= 15 is 0 Å². The molecule has 0 aliphatic rings. The zero-order chi connectivity index (χ0) is 40.3. The molecule has 0 aliphatic heterocycles. The highest BCUT2D eigenvalue weighted by atomic mass is 15.0. The second-order valence-corrected chi connectivity index (χ2v) is 15.6. The Balaban J connectivity index is 1.27. The van der Waals surface area contributed by atoms with Crippen LogP contribution in [0.15, 0.2) is 218 Å². The summed E-state index contributed by atoms with van der Waals surface area (Å²) in [6.07, 6.45) is 0. The summed E-state index contributed by atoms with van der Waals surface area (Å²) in [7, 11) is 0. The minimum absolute atomic E-state index is 0.616. The van der Waals surface area contributed by atoms with Crippen LogP contribution in [-0.2, 0) is 0 Å². The third-order valence-electron chi connectivity index (χ3n) is 12.0. The van der Waals surface area contributed by atoms with Crippen molar-refractivity contribution in [3.8, 4) is 62.1 Å². The van der Waals surface area contributed by atoms with Crippen molar-refractivity contribution in [2.24, 2.45) is 0 Å². The molecule has 4 nitrogen and oxygen atoms in total. The Morgan fingerprint density at radius 3 is 1.46 bits per heavy atom. The van der Waals surface area contributed by atoms with E-state index in [1.165, 1.54) is 37.8 Å². The summed E-state index contributed by atoms with van der Waals surface area (Å²) < 4.78 is 2.54. The van der Waals surface area contributed by atoms with E-state index in [-0.39, 0.29) is 0 Å². The molecule has 0 fully saturated rings. The standard InChI is InChI=1S/C57H36N4/c1-5-17-37(18-6-1)44-30-32-46-49(33-44)51(57-59-55(40-22-9-3-10-23-40)58-56(60-57)41-24-11-4-12-25-41)36-48(38-19-7-2-8-20-38)54(46)61-52-35-43-27-14-13-26-42(43)34-50(52)47-31-29-39-21-15-16-28-45(39)53(47)61/h1-36H. The second-order valence-electron chi connectivity index (χ2n) is 15.6. The molecule has 2 aromatic heterocycles. The van der Waals surface area contributed by atoms with Crippen molar-refractivity contribution in [3.05, 3.63) is 218 Å². The molecule has 0 bridgehead atoms. The lowest BCUT2D eigenvalue weighted by molar-refractivity contribution is 1.08. The molecule has 0 aliphatic carbocycles. The first-order valence-corrected chi connectivity index (χ1v) is 20.7. The van der Waals surface area contributed by atoms with Crippen molar-refractivity contribution in [1.29, 1.82) is 0 Å². The van der Waals surface area contributed by atoms with Crippen LogP contribution in [0.4, 0.5) is 0 Å². The molecule has 0 saturated carbocycles. The minimum atomic E-state index is 0.616. The number of nitrogens with zero attached hydrogens (tertiary/aromatic N) is 4. The molecule has 0 spiro atoms. The van der Waals surface area contributed by atoms with Crippen LogP contribution in [0.2, 0.25) is 0 Å². The molecule has 0 unspecified atom stereocenters. The molecule has 4 heteroatoms. The smallest absolute Gasteiger partial charge is 0.164 e. The highest BCUT2D eigenvalue weighted by Crippen LogP contribution is 2.46. The molecule has 284 valence electrons. The Kier molecular flexibility index (Phi) is 8.13. The van der Waals surface area contributed by atoms with Crippen LogP contribution in [0.3, 0.4) is 0 Å². The molecule has 0 radical (unpaired) electrons. The first-order valence-electron chi connectivity index (χ1n) is 20.7. The van der Waals surface area contributed by atoms with Crippen LogP contribution < -0.4 is 0 Å². The van der Waals surface area contributed by atoms with Crippen molar-refractivity contribution in [2.75, 3.05) is 0 Å². The minimum Gasteiger partial charge on any atom is -0.307 e. The van der Waals surface area contributed by atoms with E-state index in [9.17, 15) is 0 Å². The van der Waals surface area contributed by atoms with Crippen LogP contribution in [-0.4, -0.2) is 19.5 Å². The molecule has 0 amide bonds. The van der Waals surface area contributed by atoms with Crippen LogP contribution in [0.5, 0.6) is 0 Å². The highest BCUT2D eigenvalue weighted by molar-refractivity contribution is 6.22. The molecular weight excluding hydrogens is 741 g/mol. The number of fused-ring (bicyclic) bond motifs is 7. The molecule has 12 aromatic rings. The maximum atomic E-state index is 5.33. The Labute approximate surface area is 352 Å². The number of hydrogen-bond donors (Lipinski definition) is 0. The fourth-order valence-corrected chi connectivity index (χ4v) is 9.11. The number of benzene rings is 10. The summed E-state index contributed by atoms with van der Waals surface area (Å²) in [5, 5.41) is 9.40. The van der Waals surface area contributed by atoms with Gasteiger partial charge in [-0.15, -0.1) is 0 Å². The van der Waals surface area contributed by atoms with Gasteiger partial charge in [0.15, 0.2) is 17.5 Å². The number of aromatic nitrogens is 4. The van der Waals surface area contributed by atoms with Crippen LogP contribution in [0.25, 0.3) is 116 Å². The van der Waals surface area contributed by atoms with Gasteiger partial charge >= 0.3 is 0 Å². The molecular formula is C57H36N4. The molecule has 0 saturated heterocycles. The first-order chi connectivity index (χ1) is 30.2. The van der Waals surface area contributed by atoms with Gasteiger partial charge in [-0.3, -0.25) is 0 Å². The summed E-state index contributed by atoms with van der Waals surface area (Å²) >= 11 is 0. The lowest BCUT2D eigenvalue weighted by Crippen LogP contribution is -2.04. The zero-order valence-electron chi connectivity index (χ0n) is 33.1. The highest BCUT2D eigenvalue weighted by Gasteiger charge is 2.24. The van der Waals surface area contributed by atoms with Crippen molar-refractivity contribution in [2.45, 2.75) is 0 Å². The largest absolute Gasteiger partial charge is 0.307 e. The van der Waals surface area contributed by atoms with Crippen molar-refractivity contribution in [1.82, 2.24) is 19.5 Å². The second kappa shape index (κ2) is 14.3. The summed E-state index contributed by atoms with van der Waals surface area (Å²) in [5.41, 5.74) is 10.7. The van der Waals surface area contributed by atoms with Gasteiger partial charge < -0.3 is 4.57 Å². The summed E-state index contributed by atoms with van der Waals surface area (Å²) in [5.74, 6) is 1.87. The monoisotopic (exact) mass is 776 g/mol. The van der Waals surface area contributed by atoms with Crippen LogP contribution >= 0.6 is 0 Å².